The minimum Gasteiger partial charge on any atom is -0.385 e. The molecular weight excluding hydrogens is 552 g/mol. The van der Waals surface area contributed by atoms with Gasteiger partial charge in [-0.25, -0.2) is 0 Å². The molecule has 0 radical (unpaired) electrons. The number of aromatic nitrogens is 4. The SMILES string of the molecule is CCNc1cccc(CC(=O)Nc2ccc(C3CCCC(c4ccc(NC(=O)Cc5cccc(NCC)c5)nn4)C3)nn2)c1. The second kappa shape index (κ2) is 15.0. The van der Waals surface area contributed by atoms with Crippen LogP contribution in [0.25, 0.3) is 0 Å². The number of benzene rings is 2. The van der Waals surface area contributed by atoms with Crippen LogP contribution in [0.5, 0.6) is 0 Å². The van der Waals surface area contributed by atoms with Gasteiger partial charge in [0.1, 0.15) is 0 Å². The van der Waals surface area contributed by atoms with Gasteiger partial charge >= 0.3 is 0 Å². The van der Waals surface area contributed by atoms with Gasteiger partial charge in [0, 0.05) is 36.3 Å². The van der Waals surface area contributed by atoms with E-state index in [4.69, 9.17) is 0 Å². The first-order chi connectivity index (χ1) is 21.5. The molecule has 5 rings (SSSR count). The third-order valence-electron chi connectivity index (χ3n) is 7.76. The van der Waals surface area contributed by atoms with E-state index in [9.17, 15) is 9.59 Å². The number of amides is 2. The van der Waals surface area contributed by atoms with Gasteiger partial charge in [0.25, 0.3) is 0 Å². The van der Waals surface area contributed by atoms with Crippen molar-refractivity contribution in [1.29, 1.82) is 0 Å². The van der Waals surface area contributed by atoms with Crippen LogP contribution < -0.4 is 21.3 Å². The zero-order valence-corrected chi connectivity index (χ0v) is 25.3. The van der Waals surface area contributed by atoms with Crippen LogP contribution in [0.2, 0.25) is 0 Å². The van der Waals surface area contributed by atoms with E-state index in [1.807, 2.05) is 86.6 Å². The van der Waals surface area contributed by atoms with E-state index >= 15 is 0 Å². The molecule has 1 fully saturated rings. The highest BCUT2D eigenvalue weighted by atomic mass is 16.2. The Morgan fingerprint density at radius 1 is 0.659 bits per heavy atom. The largest absolute Gasteiger partial charge is 0.385 e. The van der Waals surface area contributed by atoms with Gasteiger partial charge in [-0.15, -0.1) is 10.2 Å². The van der Waals surface area contributed by atoms with Gasteiger partial charge in [-0.2, -0.15) is 10.2 Å². The molecule has 2 unspecified atom stereocenters. The Kier molecular flexibility index (Phi) is 10.5. The molecule has 0 spiro atoms. The molecule has 44 heavy (non-hydrogen) atoms. The van der Waals surface area contributed by atoms with Crippen molar-refractivity contribution in [3.63, 3.8) is 0 Å². The summed E-state index contributed by atoms with van der Waals surface area (Å²) in [6.45, 7) is 5.73. The smallest absolute Gasteiger partial charge is 0.229 e. The molecule has 2 amide bonds. The fourth-order valence-corrected chi connectivity index (χ4v) is 5.72. The lowest BCUT2D eigenvalue weighted by atomic mass is 9.78. The summed E-state index contributed by atoms with van der Waals surface area (Å²) in [4.78, 5) is 25.2. The van der Waals surface area contributed by atoms with Gasteiger partial charge in [0.15, 0.2) is 11.6 Å². The second-order valence-corrected chi connectivity index (χ2v) is 11.2. The number of carbonyl (C=O) groups excluding carboxylic acids is 2. The van der Waals surface area contributed by atoms with Gasteiger partial charge in [-0.1, -0.05) is 30.7 Å². The molecule has 1 saturated carbocycles. The Bertz CT molecular complexity index is 1430. The average molecular weight is 593 g/mol. The molecule has 10 nitrogen and oxygen atoms in total. The lowest BCUT2D eigenvalue weighted by Crippen LogP contribution is -2.18. The van der Waals surface area contributed by atoms with E-state index in [1.165, 1.54) is 0 Å². The molecule has 1 aliphatic rings. The average Bonchev–Trinajstić information content (AvgIpc) is 3.02. The monoisotopic (exact) mass is 592 g/mol. The zero-order valence-electron chi connectivity index (χ0n) is 25.3. The van der Waals surface area contributed by atoms with Crippen molar-refractivity contribution in [2.75, 3.05) is 34.4 Å². The fraction of sp³-hybridized carbons (Fsp3) is 0.353. The van der Waals surface area contributed by atoms with Crippen LogP contribution in [-0.2, 0) is 22.4 Å². The highest BCUT2D eigenvalue weighted by Gasteiger charge is 2.27. The summed E-state index contributed by atoms with van der Waals surface area (Å²) in [5.41, 5.74) is 5.70. The summed E-state index contributed by atoms with van der Waals surface area (Å²) in [6.07, 6.45) is 4.52. The quantitative estimate of drug-likeness (QED) is 0.159. The Labute approximate surface area is 258 Å². The molecule has 0 saturated heterocycles. The molecule has 0 aliphatic heterocycles. The number of anilines is 4. The maximum atomic E-state index is 12.6. The van der Waals surface area contributed by atoms with Crippen molar-refractivity contribution in [1.82, 2.24) is 20.4 Å². The Morgan fingerprint density at radius 3 is 1.55 bits per heavy atom. The van der Waals surface area contributed by atoms with Crippen LogP contribution >= 0.6 is 0 Å². The first kappa shape index (κ1) is 30.6. The van der Waals surface area contributed by atoms with Gasteiger partial charge < -0.3 is 21.3 Å². The molecule has 0 bridgehead atoms. The summed E-state index contributed by atoms with van der Waals surface area (Å²) in [6, 6.07) is 23.3. The lowest BCUT2D eigenvalue weighted by molar-refractivity contribution is -0.116. The summed E-state index contributed by atoms with van der Waals surface area (Å²) < 4.78 is 0. The van der Waals surface area contributed by atoms with E-state index in [1.54, 1.807) is 0 Å². The number of hydrogen-bond donors (Lipinski definition) is 4. The van der Waals surface area contributed by atoms with E-state index in [2.05, 4.69) is 41.7 Å². The fourth-order valence-electron chi connectivity index (χ4n) is 5.72. The highest BCUT2D eigenvalue weighted by molar-refractivity contribution is 5.92. The van der Waals surface area contributed by atoms with Gasteiger partial charge in [0.05, 0.1) is 24.2 Å². The highest BCUT2D eigenvalue weighted by Crippen LogP contribution is 2.40. The summed E-state index contributed by atoms with van der Waals surface area (Å²) in [5, 5.41) is 29.8. The van der Waals surface area contributed by atoms with Crippen molar-refractivity contribution in [2.45, 2.75) is 64.2 Å². The molecule has 4 N–H and O–H groups in total. The summed E-state index contributed by atoms with van der Waals surface area (Å²) in [5.74, 6) is 1.13. The van der Waals surface area contributed by atoms with Crippen LogP contribution in [0.4, 0.5) is 23.0 Å². The van der Waals surface area contributed by atoms with Crippen LogP contribution in [0.15, 0.2) is 72.8 Å². The van der Waals surface area contributed by atoms with Crippen LogP contribution in [0.1, 0.15) is 73.9 Å². The minimum atomic E-state index is -0.130. The Balaban J connectivity index is 1.12. The van der Waals surface area contributed by atoms with E-state index in [0.717, 1.165) is 72.7 Å². The van der Waals surface area contributed by atoms with Crippen molar-refractivity contribution in [3.8, 4) is 0 Å². The van der Waals surface area contributed by atoms with E-state index in [0.29, 0.717) is 11.6 Å². The number of carbonyl (C=O) groups is 2. The normalized spacial score (nSPS) is 16.1. The molecule has 2 atom stereocenters. The third-order valence-corrected chi connectivity index (χ3v) is 7.76. The molecule has 1 aliphatic carbocycles. The molecule has 228 valence electrons. The van der Waals surface area contributed by atoms with Gasteiger partial charge in [-0.3, -0.25) is 9.59 Å². The molecule has 2 aromatic carbocycles. The Hall–Kier alpha value is -4.86. The first-order valence-corrected chi connectivity index (χ1v) is 15.4. The van der Waals surface area contributed by atoms with Crippen molar-refractivity contribution in [3.05, 3.63) is 95.3 Å². The second-order valence-electron chi connectivity index (χ2n) is 11.2. The topological polar surface area (TPSA) is 134 Å². The minimum absolute atomic E-state index is 0.130. The number of hydrogen-bond acceptors (Lipinski definition) is 8. The van der Waals surface area contributed by atoms with Gasteiger partial charge in [-0.05, 0) is 92.8 Å². The first-order valence-electron chi connectivity index (χ1n) is 15.4. The van der Waals surface area contributed by atoms with E-state index < -0.39 is 0 Å². The zero-order chi connectivity index (χ0) is 30.7. The lowest BCUT2D eigenvalue weighted by Gasteiger charge is -2.28. The Morgan fingerprint density at radius 2 is 1.14 bits per heavy atom. The summed E-state index contributed by atoms with van der Waals surface area (Å²) >= 11 is 0. The van der Waals surface area contributed by atoms with Crippen LogP contribution in [-0.4, -0.2) is 45.3 Å². The van der Waals surface area contributed by atoms with E-state index in [-0.39, 0.29) is 36.5 Å². The van der Waals surface area contributed by atoms with Crippen LogP contribution in [0, 0.1) is 0 Å². The predicted molar refractivity (Wildman–Crippen MR) is 174 cm³/mol. The maximum absolute atomic E-state index is 12.6. The molecule has 2 aromatic heterocycles. The van der Waals surface area contributed by atoms with Gasteiger partial charge in [0.2, 0.25) is 11.8 Å². The third kappa shape index (κ3) is 8.59. The van der Waals surface area contributed by atoms with Crippen LogP contribution in [0.3, 0.4) is 0 Å². The molecule has 4 aromatic rings. The standard InChI is InChI=1S/C34H40N8O2/c1-3-35-27-12-5-8-23(18-27)20-33(43)37-31-16-14-29(39-41-31)25-10-7-11-26(22-25)30-15-17-32(42-40-30)38-34(44)21-24-9-6-13-28(19-24)36-4-2/h5-6,8-9,12-19,25-26,35-36H,3-4,7,10-11,20-22H2,1-2H3,(H,37,41,43)(H,38,42,44). The number of nitrogens with zero attached hydrogens (tertiary/aromatic N) is 4. The molecule has 2 heterocycles. The summed E-state index contributed by atoms with van der Waals surface area (Å²) in [7, 11) is 0. The molecular formula is C34H40N8O2. The maximum Gasteiger partial charge on any atom is 0.229 e. The number of rotatable bonds is 12. The van der Waals surface area contributed by atoms with Crippen molar-refractivity contribution in [2.24, 2.45) is 0 Å². The number of nitrogens with one attached hydrogen (secondary N) is 4. The van der Waals surface area contributed by atoms with Crippen molar-refractivity contribution >= 4 is 34.8 Å². The van der Waals surface area contributed by atoms with Crippen molar-refractivity contribution < 1.29 is 9.59 Å². The molecule has 10 heteroatoms. The predicted octanol–water partition coefficient (Wildman–Crippen LogP) is 5.93.